The van der Waals surface area contributed by atoms with E-state index >= 15 is 4.39 Å². The van der Waals surface area contributed by atoms with Crippen LogP contribution in [0, 0.1) is 0 Å². The molecule has 0 spiro atoms. The van der Waals surface area contributed by atoms with Crippen molar-refractivity contribution in [2.45, 2.75) is 69.3 Å². The minimum atomic E-state index is -4.41. The molecule has 37 heavy (non-hydrogen) atoms. The van der Waals surface area contributed by atoms with Crippen LogP contribution in [-0.2, 0) is 12.8 Å². The molecule has 0 radical (unpaired) electrons. The lowest BCUT2D eigenvalue weighted by Crippen LogP contribution is -2.43. The monoisotopic (exact) mass is 550 g/mol. The molecule has 2 aliphatic rings. The minimum absolute atomic E-state index is 0.0243. The predicted molar refractivity (Wildman–Crippen MR) is 125 cm³/mol. The number of pyridine rings is 1. The molecule has 0 unspecified atom stereocenters. The Bertz CT molecular complexity index is 1050. The molecule has 2 aromatic heterocycles. The average Bonchev–Trinajstić information content (AvgIpc) is 3.15. The van der Waals surface area contributed by atoms with E-state index in [9.17, 15) is 26.7 Å². The summed E-state index contributed by atoms with van der Waals surface area (Å²) in [6.07, 6.45) is -3.23. The van der Waals surface area contributed by atoms with Crippen molar-refractivity contribution >= 4 is 17.2 Å². The van der Waals surface area contributed by atoms with Crippen LogP contribution in [0.15, 0.2) is 18.3 Å². The largest absolute Gasteiger partial charge is 0.460 e. The lowest BCUT2D eigenvalue weighted by Gasteiger charge is -2.35. The van der Waals surface area contributed by atoms with E-state index in [0.717, 1.165) is 21.9 Å². The van der Waals surface area contributed by atoms with Gasteiger partial charge in [-0.05, 0) is 50.7 Å². The van der Waals surface area contributed by atoms with E-state index in [2.05, 4.69) is 20.2 Å². The molecule has 1 amide bonds. The number of carbonyl (C=O) groups excluding carboxylic acids is 1. The second-order valence-electron chi connectivity index (χ2n) is 9.48. The highest BCUT2D eigenvalue weighted by Gasteiger charge is 2.36. The van der Waals surface area contributed by atoms with Crippen LogP contribution in [0.5, 0.6) is 5.19 Å². The Morgan fingerprint density at radius 3 is 2.68 bits per heavy atom. The average molecular weight is 551 g/mol. The number of amides is 1. The minimum Gasteiger partial charge on any atom is -0.460 e. The number of ether oxygens (including phenoxy) is 1. The van der Waals surface area contributed by atoms with Gasteiger partial charge in [0, 0.05) is 43.2 Å². The summed E-state index contributed by atoms with van der Waals surface area (Å²) in [5.41, 5.74) is -1.38. The predicted octanol–water partition coefficient (Wildman–Crippen LogP) is 5.29. The van der Waals surface area contributed by atoms with Crippen LogP contribution in [0.4, 0.5) is 26.3 Å². The number of thiazole rings is 1. The summed E-state index contributed by atoms with van der Waals surface area (Å²) in [4.78, 5) is 23.3. The van der Waals surface area contributed by atoms with Gasteiger partial charge in [-0.1, -0.05) is 11.3 Å². The molecule has 13 heteroatoms. The molecular weight excluding hydrogens is 522 g/mol. The molecule has 0 aromatic carbocycles. The Hall–Kier alpha value is -2.41. The van der Waals surface area contributed by atoms with Crippen molar-refractivity contribution in [1.29, 1.82) is 0 Å². The normalized spacial score (nSPS) is 22.9. The van der Waals surface area contributed by atoms with E-state index in [0.29, 0.717) is 51.7 Å². The highest BCUT2D eigenvalue weighted by molar-refractivity contribution is 7.13. The third-order valence-electron chi connectivity index (χ3n) is 6.82. The molecule has 6 nitrogen and oxygen atoms in total. The van der Waals surface area contributed by atoms with E-state index in [-0.39, 0.29) is 29.6 Å². The van der Waals surface area contributed by atoms with Gasteiger partial charge in [-0.15, -0.1) is 0 Å². The summed E-state index contributed by atoms with van der Waals surface area (Å²) in [6, 6.07) is 2.43. The van der Waals surface area contributed by atoms with Gasteiger partial charge >= 0.3 is 6.18 Å². The zero-order valence-corrected chi connectivity index (χ0v) is 20.8. The zero-order chi connectivity index (χ0) is 26.6. The third kappa shape index (κ3) is 7.56. The lowest BCUT2D eigenvalue weighted by atomic mass is 9.81. The van der Waals surface area contributed by atoms with Crippen LogP contribution in [0.25, 0.3) is 0 Å². The topological polar surface area (TPSA) is 67.4 Å². The Balaban J connectivity index is 1.21. The number of hydrogen-bond donors (Lipinski definition) is 1. The van der Waals surface area contributed by atoms with E-state index in [4.69, 9.17) is 4.74 Å². The van der Waals surface area contributed by atoms with Crippen molar-refractivity contribution in [3.05, 3.63) is 40.2 Å². The van der Waals surface area contributed by atoms with Crippen molar-refractivity contribution in [2.75, 3.05) is 26.2 Å². The molecule has 204 valence electrons. The first-order valence-electron chi connectivity index (χ1n) is 12.1. The number of nitrogens with zero attached hydrogens (tertiary/aromatic N) is 3. The molecule has 2 aromatic rings. The van der Waals surface area contributed by atoms with Crippen LogP contribution in [0.1, 0.15) is 65.2 Å². The van der Waals surface area contributed by atoms with Crippen LogP contribution < -0.4 is 10.1 Å². The highest BCUT2D eigenvalue weighted by atomic mass is 32.1. The first-order chi connectivity index (χ1) is 17.5. The molecule has 0 bridgehead atoms. The van der Waals surface area contributed by atoms with Gasteiger partial charge in [0.1, 0.15) is 11.4 Å². The number of fused-ring (bicyclic) bond motifs is 1. The van der Waals surface area contributed by atoms with Gasteiger partial charge in [-0.25, -0.2) is 18.2 Å². The van der Waals surface area contributed by atoms with Crippen LogP contribution in [-0.4, -0.2) is 64.9 Å². The molecule has 0 saturated heterocycles. The maximum Gasteiger partial charge on any atom is 0.422 e. The molecule has 3 heterocycles. The number of halogens is 6. The zero-order valence-electron chi connectivity index (χ0n) is 20.0. The van der Waals surface area contributed by atoms with Gasteiger partial charge in [0.15, 0.2) is 6.61 Å². The molecule has 1 saturated carbocycles. The van der Waals surface area contributed by atoms with Gasteiger partial charge < -0.3 is 15.0 Å². The summed E-state index contributed by atoms with van der Waals surface area (Å²) >= 11 is 1.13. The Morgan fingerprint density at radius 1 is 1.24 bits per heavy atom. The molecule has 1 fully saturated rings. The highest BCUT2D eigenvalue weighted by Crippen LogP contribution is 2.36. The number of alkyl halides is 6. The van der Waals surface area contributed by atoms with Crippen LogP contribution >= 0.6 is 11.3 Å². The van der Waals surface area contributed by atoms with E-state index in [1.165, 1.54) is 18.3 Å². The SMILES string of the molecule is O=C(N[C@H]1CC[C@](F)(CCN2CCc3nc(OCC(F)(F)F)sc3CC2)CC1)c1cccnc1C(F)F. The second-order valence-corrected chi connectivity index (χ2v) is 10.5. The maximum atomic E-state index is 15.5. The number of aromatic nitrogens is 2. The van der Waals surface area contributed by atoms with Crippen molar-refractivity contribution in [3.63, 3.8) is 0 Å². The standard InChI is InChI=1S/C24H28F6N4O2S/c25-20(26)19-16(2-1-10-31-19)21(35)32-15-3-7-23(27,8-4-15)9-13-34-11-5-17-18(6-12-34)37-22(33-17)36-14-24(28,29)30/h1-2,10,15,20H,3-9,11-14H2,(H,32,35)/t15-,23+. The van der Waals surface area contributed by atoms with Crippen LogP contribution in [0.2, 0.25) is 0 Å². The smallest absolute Gasteiger partial charge is 0.422 e. The van der Waals surface area contributed by atoms with Gasteiger partial charge in [0.05, 0.1) is 11.3 Å². The fourth-order valence-corrected chi connectivity index (χ4v) is 5.69. The van der Waals surface area contributed by atoms with Crippen molar-refractivity contribution in [2.24, 2.45) is 0 Å². The van der Waals surface area contributed by atoms with E-state index in [1.807, 2.05) is 0 Å². The van der Waals surface area contributed by atoms with Gasteiger partial charge in [0.2, 0.25) is 0 Å². The van der Waals surface area contributed by atoms with Gasteiger partial charge in [-0.3, -0.25) is 9.78 Å². The summed E-state index contributed by atoms with van der Waals surface area (Å²) < 4.78 is 83.6. The molecular formula is C24H28F6N4O2S. The van der Waals surface area contributed by atoms with Crippen LogP contribution in [0.3, 0.4) is 0 Å². The quantitative estimate of drug-likeness (QED) is 0.453. The first-order valence-corrected chi connectivity index (χ1v) is 13.0. The second kappa shape index (κ2) is 11.5. The Morgan fingerprint density at radius 2 is 1.97 bits per heavy atom. The fourth-order valence-electron chi connectivity index (χ4n) is 4.75. The summed E-state index contributed by atoms with van der Waals surface area (Å²) in [7, 11) is 0. The molecule has 1 aliphatic carbocycles. The summed E-state index contributed by atoms with van der Waals surface area (Å²) in [5.74, 6) is -0.627. The third-order valence-corrected chi connectivity index (χ3v) is 7.89. The maximum absolute atomic E-state index is 15.5. The first kappa shape index (κ1) is 27.6. The van der Waals surface area contributed by atoms with Crippen molar-refractivity contribution < 1.29 is 35.9 Å². The Labute approximate surface area is 214 Å². The van der Waals surface area contributed by atoms with Gasteiger partial charge in [-0.2, -0.15) is 13.2 Å². The number of rotatable bonds is 8. The molecule has 4 rings (SSSR count). The fraction of sp³-hybridized carbons (Fsp3) is 0.625. The van der Waals surface area contributed by atoms with Gasteiger partial charge in [0.25, 0.3) is 17.5 Å². The van der Waals surface area contributed by atoms with E-state index < -0.39 is 36.5 Å². The van der Waals surface area contributed by atoms with Crippen molar-refractivity contribution in [3.8, 4) is 5.19 Å². The number of nitrogens with one attached hydrogen (secondary N) is 1. The molecule has 1 N–H and O–H groups in total. The number of hydrogen-bond acceptors (Lipinski definition) is 6. The lowest BCUT2D eigenvalue weighted by molar-refractivity contribution is -0.153. The Kier molecular flexibility index (Phi) is 8.62. The van der Waals surface area contributed by atoms with E-state index in [1.54, 1.807) is 0 Å². The van der Waals surface area contributed by atoms with Crippen molar-refractivity contribution in [1.82, 2.24) is 20.2 Å². The number of carbonyl (C=O) groups is 1. The molecule has 0 atom stereocenters. The molecule has 1 aliphatic heterocycles. The summed E-state index contributed by atoms with van der Waals surface area (Å²) in [6.45, 7) is 0.449. The summed E-state index contributed by atoms with van der Waals surface area (Å²) in [5, 5.41) is 2.77.